The summed E-state index contributed by atoms with van der Waals surface area (Å²) in [6.45, 7) is -0.260. The van der Waals surface area contributed by atoms with Gasteiger partial charge in [-0.2, -0.15) is 0 Å². The molecule has 0 saturated heterocycles. The fraction of sp³-hybridized carbons (Fsp3) is 0.261. The summed E-state index contributed by atoms with van der Waals surface area (Å²) >= 11 is 5.95. The van der Waals surface area contributed by atoms with Crippen LogP contribution in [0.15, 0.2) is 53.7 Å². The highest BCUT2D eigenvalue weighted by Crippen LogP contribution is 2.35. The molecule has 2 heterocycles. The highest BCUT2D eigenvalue weighted by molar-refractivity contribution is 6.30. The molecule has 0 radical (unpaired) electrons. The van der Waals surface area contributed by atoms with Crippen molar-refractivity contribution in [2.75, 3.05) is 18.5 Å². The lowest BCUT2D eigenvalue weighted by atomic mass is 9.96. The van der Waals surface area contributed by atoms with Gasteiger partial charge in [0.1, 0.15) is 13.2 Å². The van der Waals surface area contributed by atoms with Crippen LogP contribution in [0.5, 0.6) is 0 Å². The molecule has 0 unspecified atom stereocenters. The Morgan fingerprint density at radius 3 is 2.71 bits per heavy atom. The summed E-state index contributed by atoms with van der Waals surface area (Å²) < 4.78 is 5.20. The van der Waals surface area contributed by atoms with Crippen molar-refractivity contribution in [2.24, 2.45) is 0 Å². The Balaban J connectivity index is 1.37. The molecule has 0 fully saturated rings. The van der Waals surface area contributed by atoms with Crippen LogP contribution in [0.2, 0.25) is 5.02 Å². The number of ether oxygens (including phenoxy) is 1. The van der Waals surface area contributed by atoms with Crippen LogP contribution in [0.3, 0.4) is 0 Å². The number of fused-ring (bicyclic) bond motifs is 1. The molecule has 8 heteroatoms. The summed E-state index contributed by atoms with van der Waals surface area (Å²) in [4.78, 5) is 39.2. The fourth-order valence-electron chi connectivity index (χ4n) is 4.38. The van der Waals surface area contributed by atoms with Gasteiger partial charge in [-0.1, -0.05) is 29.8 Å². The first-order valence-electron chi connectivity index (χ1n) is 10.1. The number of amides is 3. The van der Waals surface area contributed by atoms with E-state index in [9.17, 15) is 14.4 Å². The molecule has 0 spiro atoms. The number of nitrogens with one attached hydrogen (secondary N) is 2. The molecule has 2 aromatic rings. The molecule has 0 saturated carbocycles. The zero-order valence-electron chi connectivity index (χ0n) is 16.6. The van der Waals surface area contributed by atoms with Gasteiger partial charge in [-0.3, -0.25) is 9.69 Å². The van der Waals surface area contributed by atoms with Crippen LogP contribution >= 0.6 is 11.6 Å². The van der Waals surface area contributed by atoms with Gasteiger partial charge in [0.25, 0.3) is 0 Å². The van der Waals surface area contributed by atoms with E-state index in [1.165, 1.54) is 16.0 Å². The van der Waals surface area contributed by atoms with Gasteiger partial charge >= 0.3 is 12.0 Å². The van der Waals surface area contributed by atoms with Crippen LogP contribution in [-0.4, -0.2) is 36.0 Å². The third-order valence-electron chi connectivity index (χ3n) is 5.89. The van der Waals surface area contributed by atoms with Gasteiger partial charge in [-0.15, -0.1) is 0 Å². The summed E-state index contributed by atoms with van der Waals surface area (Å²) in [6, 6.07) is 11.7. The largest absolute Gasteiger partial charge is 0.456 e. The molecule has 1 aliphatic carbocycles. The summed E-state index contributed by atoms with van der Waals surface area (Å²) in [5, 5.41) is 6.22. The number of nitrogens with zero attached hydrogens (tertiary/aromatic N) is 1. The summed E-state index contributed by atoms with van der Waals surface area (Å²) in [5.74, 6) is -0.844. The molecule has 31 heavy (non-hydrogen) atoms. The minimum Gasteiger partial charge on any atom is -0.456 e. The number of anilines is 1. The van der Waals surface area contributed by atoms with E-state index < -0.39 is 18.0 Å². The lowest BCUT2D eigenvalue weighted by Gasteiger charge is -2.32. The Hall–Kier alpha value is -3.32. The molecule has 0 aromatic heterocycles. The maximum Gasteiger partial charge on any atom is 0.338 e. The first-order chi connectivity index (χ1) is 15.0. The highest BCUT2D eigenvalue weighted by Gasteiger charge is 2.42. The summed E-state index contributed by atoms with van der Waals surface area (Å²) in [6.07, 6.45) is 3.20. The Labute approximate surface area is 184 Å². The van der Waals surface area contributed by atoms with Crippen molar-refractivity contribution in [1.29, 1.82) is 0 Å². The molecular formula is C23H20ClN3O4. The quantitative estimate of drug-likeness (QED) is 0.718. The molecule has 158 valence electrons. The minimum absolute atomic E-state index is 0.0438. The molecule has 3 amide bonds. The molecule has 2 aromatic carbocycles. The number of esters is 1. The highest BCUT2D eigenvalue weighted by atomic mass is 35.5. The Kier molecular flexibility index (Phi) is 4.90. The number of carbonyl (C=O) groups is 3. The van der Waals surface area contributed by atoms with Crippen molar-refractivity contribution in [1.82, 2.24) is 10.2 Å². The molecule has 2 aliphatic heterocycles. The van der Waals surface area contributed by atoms with Gasteiger partial charge in [-0.25, -0.2) is 9.59 Å². The van der Waals surface area contributed by atoms with Crippen molar-refractivity contribution in [3.8, 4) is 0 Å². The van der Waals surface area contributed by atoms with E-state index in [2.05, 4.69) is 10.6 Å². The molecule has 5 rings (SSSR count). The average molecular weight is 438 g/mol. The van der Waals surface area contributed by atoms with Crippen molar-refractivity contribution >= 4 is 35.2 Å². The first kappa shape index (κ1) is 19.6. The van der Waals surface area contributed by atoms with E-state index in [1.807, 2.05) is 18.2 Å². The Morgan fingerprint density at radius 1 is 1.13 bits per heavy atom. The molecule has 2 N–H and O–H groups in total. The average Bonchev–Trinajstić information content (AvgIpc) is 3.37. The zero-order valence-corrected chi connectivity index (χ0v) is 17.4. The number of benzene rings is 2. The lowest BCUT2D eigenvalue weighted by Crippen LogP contribution is -2.49. The van der Waals surface area contributed by atoms with Gasteiger partial charge in [0.2, 0.25) is 5.91 Å². The third-order valence-corrected chi connectivity index (χ3v) is 6.14. The van der Waals surface area contributed by atoms with Crippen molar-refractivity contribution in [2.45, 2.75) is 25.3 Å². The SMILES string of the molecule is O=C(CN1C(=O)N[C@H](c2ccc(Cl)cc2)C2=C1COC2=O)Nc1ccc2c(c1)CCC2. The third kappa shape index (κ3) is 3.65. The monoisotopic (exact) mass is 437 g/mol. The number of cyclic esters (lactones) is 1. The minimum atomic E-state index is -0.647. The van der Waals surface area contributed by atoms with E-state index in [-0.39, 0.29) is 19.1 Å². The predicted molar refractivity (Wildman–Crippen MR) is 115 cm³/mol. The number of rotatable bonds is 4. The molecule has 1 atom stereocenters. The number of hydrogen-bond acceptors (Lipinski definition) is 4. The van der Waals surface area contributed by atoms with E-state index >= 15 is 0 Å². The molecule has 0 bridgehead atoms. The smallest absolute Gasteiger partial charge is 0.338 e. The van der Waals surface area contributed by atoms with Crippen LogP contribution < -0.4 is 10.6 Å². The van der Waals surface area contributed by atoms with Crippen molar-refractivity contribution in [3.05, 3.63) is 75.4 Å². The number of urea groups is 1. The van der Waals surface area contributed by atoms with E-state index in [0.29, 0.717) is 27.5 Å². The number of aryl methyl sites for hydroxylation is 2. The standard InChI is InChI=1S/C23H20ClN3O4/c24-16-7-4-14(5-8-16)21-20-18(12-31-22(20)29)27(23(30)26-21)11-19(28)25-17-9-6-13-2-1-3-15(13)10-17/h4-10,21H,1-3,11-12H2,(H,25,28)(H,26,30)/t21-/m1/s1. The van der Waals surface area contributed by atoms with Crippen LogP contribution in [-0.2, 0) is 27.2 Å². The number of halogens is 1. The topological polar surface area (TPSA) is 87.7 Å². The number of hydrogen-bond donors (Lipinski definition) is 2. The van der Waals surface area contributed by atoms with E-state index in [0.717, 1.165) is 19.3 Å². The van der Waals surface area contributed by atoms with Crippen molar-refractivity contribution in [3.63, 3.8) is 0 Å². The predicted octanol–water partition coefficient (Wildman–Crippen LogP) is 3.34. The molecular weight excluding hydrogens is 418 g/mol. The lowest BCUT2D eigenvalue weighted by molar-refractivity contribution is -0.136. The fourth-order valence-corrected chi connectivity index (χ4v) is 4.50. The van der Waals surface area contributed by atoms with Gasteiger partial charge in [0.15, 0.2) is 0 Å². The summed E-state index contributed by atoms with van der Waals surface area (Å²) in [7, 11) is 0. The zero-order chi connectivity index (χ0) is 21.5. The second-order valence-electron chi connectivity index (χ2n) is 7.84. The Morgan fingerprint density at radius 2 is 1.90 bits per heavy atom. The van der Waals surface area contributed by atoms with Crippen molar-refractivity contribution < 1.29 is 19.1 Å². The molecule has 3 aliphatic rings. The van der Waals surface area contributed by atoms with Crippen LogP contribution in [0.25, 0.3) is 0 Å². The van der Waals surface area contributed by atoms with Gasteiger partial charge in [0, 0.05) is 10.7 Å². The molecule has 7 nitrogen and oxygen atoms in total. The normalized spacial score (nSPS) is 19.6. The Bertz CT molecular complexity index is 1130. The van der Waals surface area contributed by atoms with Gasteiger partial charge in [-0.05, 0) is 60.2 Å². The second-order valence-corrected chi connectivity index (χ2v) is 8.28. The van der Waals surface area contributed by atoms with Crippen LogP contribution in [0.1, 0.15) is 29.2 Å². The van der Waals surface area contributed by atoms with E-state index in [4.69, 9.17) is 16.3 Å². The maximum atomic E-state index is 12.8. The second kappa shape index (κ2) is 7.74. The van der Waals surface area contributed by atoms with E-state index in [1.54, 1.807) is 24.3 Å². The number of carbonyl (C=O) groups excluding carboxylic acids is 3. The van der Waals surface area contributed by atoms with Crippen LogP contribution in [0.4, 0.5) is 10.5 Å². The first-order valence-corrected chi connectivity index (χ1v) is 10.5. The van der Waals surface area contributed by atoms with Crippen LogP contribution in [0, 0.1) is 0 Å². The van der Waals surface area contributed by atoms with Gasteiger partial charge < -0.3 is 15.4 Å². The summed E-state index contributed by atoms with van der Waals surface area (Å²) in [5.41, 5.74) is 4.74. The maximum absolute atomic E-state index is 12.8. The van der Waals surface area contributed by atoms with Gasteiger partial charge in [0.05, 0.1) is 17.3 Å².